The summed E-state index contributed by atoms with van der Waals surface area (Å²) in [7, 11) is 1.53. The van der Waals surface area contributed by atoms with Crippen LogP contribution in [-0.4, -0.2) is 42.2 Å². The Bertz CT molecular complexity index is 959. The standard InChI is InChI=1S/C22H24N4O4/c1-3-13-22(16-7-5-4-6-8-16)20(29)26(21(30)25-22)14-18(27)24-17-11-9-15(10-12-17)19(28)23-2/h4-12H,3,13-14H2,1-2H3,(H,23,28)(H,24,27)(H,25,30)/t22-/m1/s1. The Labute approximate surface area is 174 Å². The molecule has 0 saturated carbocycles. The fourth-order valence-corrected chi connectivity index (χ4v) is 3.57. The number of imide groups is 1. The fourth-order valence-electron chi connectivity index (χ4n) is 3.57. The molecule has 3 N–H and O–H groups in total. The van der Waals surface area contributed by atoms with Crippen LogP contribution in [0.5, 0.6) is 0 Å². The Morgan fingerprint density at radius 1 is 1.03 bits per heavy atom. The van der Waals surface area contributed by atoms with Crippen LogP contribution in [0.1, 0.15) is 35.7 Å². The Hall–Kier alpha value is -3.68. The summed E-state index contributed by atoms with van der Waals surface area (Å²) in [5.41, 5.74) is 0.444. The molecule has 0 aliphatic carbocycles. The van der Waals surface area contributed by atoms with Crippen LogP contribution in [0, 0.1) is 0 Å². The molecule has 5 amide bonds. The van der Waals surface area contributed by atoms with Crippen molar-refractivity contribution in [2.75, 3.05) is 18.9 Å². The minimum absolute atomic E-state index is 0.236. The maximum atomic E-state index is 13.2. The average molecular weight is 408 g/mol. The predicted octanol–water partition coefficient (Wildman–Crippen LogP) is 2.23. The van der Waals surface area contributed by atoms with E-state index in [1.54, 1.807) is 36.4 Å². The molecule has 30 heavy (non-hydrogen) atoms. The van der Waals surface area contributed by atoms with Crippen LogP contribution < -0.4 is 16.0 Å². The van der Waals surface area contributed by atoms with E-state index < -0.39 is 29.9 Å². The molecule has 8 nitrogen and oxygen atoms in total. The van der Waals surface area contributed by atoms with Crippen LogP contribution in [-0.2, 0) is 15.1 Å². The van der Waals surface area contributed by atoms with Gasteiger partial charge in [0.05, 0.1) is 0 Å². The van der Waals surface area contributed by atoms with Gasteiger partial charge in [0, 0.05) is 18.3 Å². The highest BCUT2D eigenvalue weighted by molar-refractivity contribution is 6.10. The van der Waals surface area contributed by atoms with Gasteiger partial charge in [-0.15, -0.1) is 0 Å². The summed E-state index contributed by atoms with van der Waals surface area (Å²) in [5.74, 6) is -1.18. The van der Waals surface area contributed by atoms with Crippen molar-refractivity contribution in [1.82, 2.24) is 15.5 Å². The maximum Gasteiger partial charge on any atom is 0.325 e. The molecule has 2 aromatic carbocycles. The molecule has 3 rings (SSSR count). The van der Waals surface area contributed by atoms with E-state index >= 15 is 0 Å². The van der Waals surface area contributed by atoms with Crippen molar-refractivity contribution in [2.24, 2.45) is 0 Å². The molecule has 1 aliphatic rings. The normalized spacial score (nSPS) is 18.1. The van der Waals surface area contributed by atoms with Crippen molar-refractivity contribution in [3.63, 3.8) is 0 Å². The minimum atomic E-state index is -1.16. The number of rotatable bonds is 7. The number of nitrogens with zero attached hydrogens (tertiary/aromatic N) is 1. The summed E-state index contributed by atoms with van der Waals surface area (Å²) >= 11 is 0. The molecule has 1 saturated heterocycles. The first-order valence-corrected chi connectivity index (χ1v) is 9.73. The summed E-state index contributed by atoms with van der Waals surface area (Å²) in [5, 5.41) is 7.96. The van der Waals surface area contributed by atoms with Gasteiger partial charge < -0.3 is 16.0 Å². The smallest absolute Gasteiger partial charge is 0.325 e. The zero-order valence-corrected chi connectivity index (χ0v) is 16.9. The van der Waals surface area contributed by atoms with Gasteiger partial charge in [0.15, 0.2) is 0 Å². The van der Waals surface area contributed by atoms with Gasteiger partial charge in [-0.25, -0.2) is 4.79 Å². The van der Waals surface area contributed by atoms with E-state index in [9.17, 15) is 19.2 Å². The van der Waals surface area contributed by atoms with Crippen molar-refractivity contribution in [3.05, 3.63) is 65.7 Å². The van der Waals surface area contributed by atoms with Crippen LogP contribution in [0.3, 0.4) is 0 Å². The first-order chi connectivity index (χ1) is 14.4. The molecule has 8 heteroatoms. The molecule has 156 valence electrons. The molecule has 2 aromatic rings. The van der Waals surface area contributed by atoms with Crippen LogP contribution in [0.25, 0.3) is 0 Å². The molecule has 0 radical (unpaired) electrons. The fraction of sp³-hybridized carbons (Fsp3) is 0.273. The molecule has 0 spiro atoms. The lowest BCUT2D eigenvalue weighted by atomic mass is 9.85. The topological polar surface area (TPSA) is 108 Å². The number of carbonyl (C=O) groups excluding carboxylic acids is 4. The number of hydrogen-bond donors (Lipinski definition) is 3. The highest BCUT2D eigenvalue weighted by Gasteiger charge is 2.52. The number of amides is 5. The lowest BCUT2D eigenvalue weighted by Crippen LogP contribution is -2.44. The quantitative estimate of drug-likeness (QED) is 0.611. The number of anilines is 1. The van der Waals surface area contributed by atoms with Gasteiger partial charge in [0.2, 0.25) is 5.91 Å². The molecule has 0 aromatic heterocycles. The first kappa shape index (κ1) is 21.0. The van der Waals surface area contributed by atoms with Crippen LogP contribution >= 0.6 is 0 Å². The number of hydrogen-bond acceptors (Lipinski definition) is 4. The zero-order chi connectivity index (χ0) is 21.7. The van der Waals surface area contributed by atoms with E-state index in [-0.39, 0.29) is 5.91 Å². The van der Waals surface area contributed by atoms with Crippen molar-refractivity contribution in [2.45, 2.75) is 25.3 Å². The third-order valence-corrected chi connectivity index (χ3v) is 5.03. The molecule has 1 aliphatic heterocycles. The first-order valence-electron chi connectivity index (χ1n) is 9.73. The van der Waals surface area contributed by atoms with Crippen molar-refractivity contribution < 1.29 is 19.2 Å². The molecule has 1 fully saturated rings. The second-order valence-corrected chi connectivity index (χ2v) is 7.05. The van der Waals surface area contributed by atoms with Gasteiger partial charge in [0.25, 0.3) is 11.8 Å². The monoisotopic (exact) mass is 408 g/mol. The highest BCUT2D eigenvalue weighted by Crippen LogP contribution is 2.33. The number of urea groups is 1. The van der Waals surface area contributed by atoms with Crippen molar-refractivity contribution in [3.8, 4) is 0 Å². The second kappa shape index (κ2) is 8.77. The van der Waals surface area contributed by atoms with E-state index in [4.69, 9.17) is 0 Å². The maximum absolute atomic E-state index is 13.2. The lowest BCUT2D eigenvalue weighted by molar-refractivity contribution is -0.134. The van der Waals surface area contributed by atoms with E-state index in [1.165, 1.54) is 7.05 Å². The van der Waals surface area contributed by atoms with E-state index in [1.807, 2.05) is 25.1 Å². The SMILES string of the molecule is CCC[C@]1(c2ccccc2)NC(=O)N(CC(=O)Nc2ccc(C(=O)NC)cc2)C1=O. The van der Waals surface area contributed by atoms with Crippen molar-refractivity contribution in [1.29, 1.82) is 0 Å². The van der Waals surface area contributed by atoms with Crippen LogP contribution in [0.2, 0.25) is 0 Å². The van der Waals surface area contributed by atoms with Crippen molar-refractivity contribution >= 4 is 29.4 Å². The molecule has 0 bridgehead atoms. The third-order valence-electron chi connectivity index (χ3n) is 5.03. The molecular weight excluding hydrogens is 384 g/mol. The van der Waals surface area contributed by atoms with Gasteiger partial charge >= 0.3 is 6.03 Å². The Morgan fingerprint density at radius 2 is 1.70 bits per heavy atom. The Balaban J connectivity index is 1.73. The minimum Gasteiger partial charge on any atom is -0.355 e. The zero-order valence-electron chi connectivity index (χ0n) is 16.9. The number of carbonyl (C=O) groups is 4. The molecule has 1 heterocycles. The summed E-state index contributed by atoms with van der Waals surface area (Å²) in [4.78, 5) is 50.8. The predicted molar refractivity (Wildman–Crippen MR) is 112 cm³/mol. The number of nitrogens with one attached hydrogen (secondary N) is 3. The van der Waals surface area contributed by atoms with Gasteiger partial charge in [0.1, 0.15) is 12.1 Å². The van der Waals surface area contributed by atoms with Gasteiger partial charge in [-0.1, -0.05) is 43.7 Å². The largest absolute Gasteiger partial charge is 0.355 e. The highest BCUT2D eigenvalue weighted by atomic mass is 16.2. The van der Waals surface area contributed by atoms with E-state index in [0.29, 0.717) is 29.7 Å². The Morgan fingerprint density at radius 3 is 2.30 bits per heavy atom. The number of benzene rings is 2. The summed E-state index contributed by atoms with van der Waals surface area (Å²) < 4.78 is 0. The molecular formula is C22H24N4O4. The molecule has 0 unspecified atom stereocenters. The Kier molecular flexibility index (Phi) is 6.15. The lowest BCUT2D eigenvalue weighted by Gasteiger charge is -2.26. The summed E-state index contributed by atoms with van der Waals surface area (Å²) in [6.07, 6.45) is 1.11. The second-order valence-electron chi connectivity index (χ2n) is 7.05. The van der Waals surface area contributed by atoms with Crippen LogP contribution in [0.15, 0.2) is 54.6 Å². The summed E-state index contributed by atoms with van der Waals surface area (Å²) in [6.45, 7) is 1.53. The summed E-state index contributed by atoms with van der Waals surface area (Å²) in [6, 6.07) is 14.8. The average Bonchev–Trinajstić information content (AvgIpc) is 2.99. The van der Waals surface area contributed by atoms with Crippen LogP contribution in [0.4, 0.5) is 10.5 Å². The van der Waals surface area contributed by atoms with E-state index in [0.717, 1.165) is 4.90 Å². The van der Waals surface area contributed by atoms with Gasteiger partial charge in [-0.3, -0.25) is 19.3 Å². The van der Waals surface area contributed by atoms with Gasteiger partial charge in [-0.05, 0) is 36.2 Å². The third kappa shape index (κ3) is 4.03. The van der Waals surface area contributed by atoms with Gasteiger partial charge in [-0.2, -0.15) is 0 Å². The molecule has 1 atom stereocenters. The van der Waals surface area contributed by atoms with E-state index in [2.05, 4.69) is 16.0 Å².